The van der Waals surface area contributed by atoms with E-state index in [9.17, 15) is 4.39 Å². The van der Waals surface area contributed by atoms with E-state index in [1.807, 2.05) is 6.92 Å². The van der Waals surface area contributed by atoms with Gasteiger partial charge in [0.15, 0.2) is 0 Å². The summed E-state index contributed by atoms with van der Waals surface area (Å²) in [6.07, 6.45) is 3.94. The van der Waals surface area contributed by atoms with E-state index < -0.39 is 0 Å². The number of fused-ring (bicyclic) bond motifs is 1. The molecule has 0 saturated carbocycles. The first kappa shape index (κ1) is 17.5. The molecule has 1 aromatic carbocycles. The Morgan fingerprint density at radius 3 is 3.00 bits per heavy atom. The third-order valence-electron chi connectivity index (χ3n) is 5.59. The number of rotatable bonds is 4. The molecule has 1 atom stereocenters. The van der Waals surface area contributed by atoms with Crippen molar-refractivity contribution in [1.82, 2.24) is 14.8 Å². The van der Waals surface area contributed by atoms with Gasteiger partial charge in [-0.2, -0.15) is 0 Å². The molecular weight excluding hydrogens is 333 g/mol. The molecule has 2 fully saturated rings. The van der Waals surface area contributed by atoms with Gasteiger partial charge in [0.1, 0.15) is 17.3 Å². The van der Waals surface area contributed by atoms with E-state index in [4.69, 9.17) is 9.15 Å². The molecule has 2 aliphatic heterocycles. The topological polar surface area (TPSA) is 41.7 Å². The second-order valence-corrected chi connectivity index (χ2v) is 7.29. The summed E-state index contributed by atoms with van der Waals surface area (Å²) in [4.78, 5) is 9.66. The van der Waals surface area contributed by atoms with Gasteiger partial charge in [0.05, 0.1) is 18.4 Å². The van der Waals surface area contributed by atoms with E-state index in [1.165, 1.54) is 31.9 Å². The summed E-state index contributed by atoms with van der Waals surface area (Å²) in [6.45, 7) is 7.15. The number of hydrogen-bond acceptors (Lipinski definition) is 5. The molecule has 2 saturated heterocycles. The molecule has 0 unspecified atom stereocenters. The second kappa shape index (κ2) is 7.37. The molecule has 6 heteroatoms. The van der Waals surface area contributed by atoms with Crippen LogP contribution in [0.3, 0.4) is 0 Å². The van der Waals surface area contributed by atoms with Gasteiger partial charge in [-0.15, -0.1) is 0 Å². The van der Waals surface area contributed by atoms with Gasteiger partial charge in [0.25, 0.3) is 0 Å². The molecule has 0 amide bonds. The highest BCUT2D eigenvalue weighted by atomic mass is 19.1. The average molecular weight is 359 g/mol. The molecule has 26 heavy (non-hydrogen) atoms. The first-order valence-corrected chi connectivity index (χ1v) is 9.40. The normalized spacial score (nSPS) is 21.6. The quantitative estimate of drug-likeness (QED) is 0.836. The fraction of sp³-hybridized carbons (Fsp3) is 0.550. The van der Waals surface area contributed by atoms with Crippen molar-refractivity contribution >= 4 is 0 Å². The molecule has 0 bridgehead atoms. The van der Waals surface area contributed by atoms with Crippen molar-refractivity contribution in [2.45, 2.75) is 38.8 Å². The molecule has 0 radical (unpaired) electrons. The lowest BCUT2D eigenvalue weighted by Crippen LogP contribution is -2.54. The summed E-state index contributed by atoms with van der Waals surface area (Å²) in [7, 11) is 1.56. The Balaban J connectivity index is 1.50. The Bertz CT molecular complexity index is 776. The highest BCUT2D eigenvalue weighted by molar-refractivity contribution is 5.57. The molecule has 2 aliphatic rings. The van der Waals surface area contributed by atoms with Gasteiger partial charge in [-0.3, -0.25) is 9.80 Å². The van der Waals surface area contributed by atoms with Crippen LogP contribution in [0.15, 0.2) is 22.6 Å². The largest absolute Gasteiger partial charge is 0.497 e. The van der Waals surface area contributed by atoms with Crippen LogP contribution in [0.4, 0.5) is 4.39 Å². The molecular formula is C20H26FN3O2. The van der Waals surface area contributed by atoms with Gasteiger partial charge in [-0.25, -0.2) is 9.37 Å². The van der Waals surface area contributed by atoms with Gasteiger partial charge < -0.3 is 9.15 Å². The van der Waals surface area contributed by atoms with E-state index in [2.05, 4.69) is 14.8 Å². The molecule has 2 aromatic rings. The molecule has 3 heterocycles. The van der Waals surface area contributed by atoms with Crippen molar-refractivity contribution < 1.29 is 13.5 Å². The Morgan fingerprint density at radius 1 is 1.27 bits per heavy atom. The minimum Gasteiger partial charge on any atom is -0.497 e. The van der Waals surface area contributed by atoms with Crippen LogP contribution >= 0.6 is 0 Å². The number of aromatic nitrogens is 1. The fourth-order valence-corrected chi connectivity index (χ4v) is 4.06. The fourth-order valence-electron chi connectivity index (χ4n) is 4.06. The SMILES string of the molecule is COc1ccc(F)c(-c2nc(CN3CCN4CCCC[C@H]4C3)c(C)o2)c1. The van der Waals surface area contributed by atoms with E-state index in [0.717, 1.165) is 37.6 Å². The van der Waals surface area contributed by atoms with Gasteiger partial charge in [-0.05, 0) is 44.5 Å². The number of ether oxygens (including phenoxy) is 1. The summed E-state index contributed by atoms with van der Waals surface area (Å²) >= 11 is 0. The molecule has 0 aliphatic carbocycles. The lowest BCUT2D eigenvalue weighted by molar-refractivity contribution is 0.0450. The van der Waals surface area contributed by atoms with Crippen molar-refractivity contribution in [2.24, 2.45) is 0 Å². The van der Waals surface area contributed by atoms with Gasteiger partial charge >= 0.3 is 0 Å². The van der Waals surface area contributed by atoms with Gasteiger partial charge in [0, 0.05) is 32.2 Å². The third-order valence-corrected chi connectivity index (χ3v) is 5.59. The predicted molar refractivity (Wildman–Crippen MR) is 97.7 cm³/mol. The molecule has 5 nitrogen and oxygen atoms in total. The van der Waals surface area contributed by atoms with Crippen molar-refractivity contribution in [1.29, 1.82) is 0 Å². The highest BCUT2D eigenvalue weighted by Gasteiger charge is 2.29. The maximum atomic E-state index is 14.2. The number of benzene rings is 1. The Morgan fingerprint density at radius 2 is 2.15 bits per heavy atom. The van der Waals surface area contributed by atoms with Crippen molar-refractivity contribution in [2.75, 3.05) is 33.3 Å². The minimum absolute atomic E-state index is 0.324. The Labute approximate surface area is 153 Å². The number of methoxy groups -OCH3 is 1. The summed E-state index contributed by atoms with van der Waals surface area (Å²) in [6, 6.07) is 5.28. The lowest BCUT2D eigenvalue weighted by Gasteiger charge is -2.43. The maximum Gasteiger partial charge on any atom is 0.229 e. The zero-order valence-electron chi connectivity index (χ0n) is 15.5. The summed E-state index contributed by atoms with van der Waals surface area (Å²) in [5.74, 6) is 1.32. The number of oxazole rings is 1. The number of nitrogens with zero attached hydrogens (tertiary/aromatic N) is 3. The van der Waals surface area contributed by atoms with Crippen LogP contribution in [-0.4, -0.2) is 54.1 Å². The molecule has 1 aromatic heterocycles. The van der Waals surface area contributed by atoms with E-state index in [1.54, 1.807) is 19.2 Å². The van der Waals surface area contributed by atoms with E-state index in [0.29, 0.717) is 23.2 Å². The molecule has 0 spiro atoms. The summed E-state index contributed by atoms with van der Waals surface area (Å²) in [5.41, 5.74) is 1.24. The standard InChI is InChI=1S/C20H26FN3O2/c1-14-19(13-23-9-10-24-8-4-3-5-15(24)12-23)22-20(26-14)17-11-16(25-2)6-7-18(17)21/h6-7,11,15H,3-5,8-10,12-13H2,1-2H3/t15-/m0/s1. The zero-order chi connectivity index (χ0) is 18.1. The first-order valence-electron chi connectivity index (χ1n) is 9.40. The molecule has 4 rings (SSSR count). The third kappa shape index (κ3) is 3.48. The molecule has 0 N–H and O–H groups in total. The smallest absolute Gasteiger partial charge is 0.229 e. The van der Waals surface area contributed by atoms with E-state index in [-0.39, 0.29) is 5.82 Å². The van der Waals surface area contributed by atoms with Crippen LogP contribution in [0.25, 0.3) is 11.5 Å². The monoisotopic (exact) mass is 359 g/mol. The summed E-state index contributed by atoms with van der Waals surface area (Å²) < 4.78 is 25.2. The zero-order valence-corrected chi connectivity index (χ0v) is 15.5. The van der Waals surface area contributed by atoms with Crippen molar-refractivity contribution in [3.63, 3.8) is 0 Å². The van der Waals surface area contributed by atoms with Crippen molar-refractivity contribution in [3.8, 4) is 17.2 Å². The van der Waals surface area contributed by atoms with Crippen LogP contribution in [0.1, 0.15) is 30.7 Å². The van der Waals surface area contributed by atoms with Gasteiger partial charge in [0.2, 0.25) is 5.89 Å². The molecule has 140 valence electrons. The number of piperazine rings is 1. The van der Waals surface area contributed by atoms with Crippen LogP contribution < -0.4 is 4.74 Å². The van der Waals surface area contributed by atoms with Crippen LogP contribution in [0.2, 0.25) is 0 Å². The van der Waals surface area contributed by atoms with E-state index >= 15 is 0 Å². The number of piperidine rings is 1. The Kier molecular flexibility index (Phi) is 4.96. The van der Waals surface area contributed by atoms with Crippen LogP contribution in [0.5, 0.6) is 5.75 Å². The van der Waals surface area contributed by atoms with Gasteiger partial charge in [-0.1, -0.05) is 6.42 Å². The first-order chi connectivity index (χ1) is 12.6. The number of aryl methyl sites for hydroxylation is 1. The highest BCUT2D eigenvalue weighted by Crippen LogP contribution is 2.29. The lowest BCUT2D eigenvalue weighted by atomic mass is 9.99. The average Bonchev–Trinajstić information content (AvgIpc) is 3.02. The summed E-state index contributed by atoms with van der Waals surface area (Å²) in [5, 5.41) is 0. The number of halogens is 1. The van der Waals surface area contributed by atoms with Crippen LogP contribution in [0, 0.1) is 12.7 Å². The minimum atomic E-state index is -0.352. The second-order valence-electron chi connectivity index (χ2n) is 7.29. The van der Waals surface area contributed by atoms with Crippen molar-refractivity contribution in [3.05, 3.63) is 35.5 Å². The van der Waals surface area contributed by atoms with Crippen LogP contribution in [-0.2, 0) is 6.54 Å². The predicted octanol–water partition coefficient (Wildman–Crippen LogP) is 3.47. The maximum absolute atomic E-state index is 14.2. The number of hydrogen-bond donors (Lipinski definition) is 0. The Hall–Kier alpha value is -1.92.